The van der Waals surface area contributed by atoms with Gasteiger partial charge < -0.3 is 5.32 Å². The standard InChI is InChI=1S/C21H20FN3O3S/c1-15(25-29(27,28)19-13-6-5-11-17(19)22)21(26)24-20(16-9-3-2-4-10-16)18-12-7-8-14-23-18/h2-15,20,25H,1H3,(H,24,26)/t15-,20?/m0/s1. The molecule has 1 amide bonds. The minimum absolute atomic E-state index is 0.510. The van der Waals surface area contributed by atoms with E-state index in [-0.39, 0.29) is 0 Å². The molecule has 0 saturated heterocycles. The van der Waals surface area contributed by atoms with Crippen molar-refractivity contribution in [1.82, 2.24) is 15.0 Å². The van der Waals surface area contributed by atoms with Gasteiger partial charge in [0.2, 0.25) is 15.9 Å². The average Bonchev–Trinajstić information content (AvgIpc) is 2.73. The Morgan fingerprint density at radius 2 is 1.62 bits per heavy atom. The largest absolute Gasteiger partial charge is 0.342 e. The van der Waals surface area contributed by atoms with Crippen molar-refractivity contribution in [2.75, 3.05) is 0 Å². The van der Waals surface area contributed by atoms with Crippen LogP contribution in [0.15, 0.2) is 83.9 Å². The van der Waals surface area contributed by atoms with E-state index in [1.807, 2.05) is 30.3 Å². The van der Waals surface area contributed by atoms with Crippen molar-refractivity contribution in [2.24, 2.45) is 0 Å². The number of sulfonamides is 1. The number of rotatable bonds is 7. The van der Waals surface area contributed by atoms with Gasteiger partial charge in [-0.25, -0.2) is 12.8 Å². The molecule has 1 heterocycles. The summed E-state index contributed by atoms with van der Waals surface area (Å²) in [5.41, 5.74) is 1.40. The van der Waals surface area contributed by atoms with E-state index in [1.54, 1.807) is 24.4 Å². The number of hydrogen-bond donors (Lipinski definition) is 2. The Kier molecular flexibility index (Phi) is 6.36. The van der Waals surface area contributed by atoms with Gasteiger partial charge in [0.25, 0.3) is 0 Å². The number of halogens is 1. The molecule has 2 N–H and O–H groups in total. The summed E-state index contributed by atoms with van der Waals surface area (Å²) in [4.78, 5) is 16.5. The molecule has 0 aliphatic carbocycles. The first-order chi connectivity index (χ1) is 13.9. The minimum Gasteiger partial charge on any atom is -0.342 e. The first kappa shape index (κ1) is 20.6. The third kappa shape index (κ3) is 5.04. The van der Waals surface area contributed by atoms with Crippen LogP contribution in [0.1, 0.15) is 24.2 Å². The summed E-state index contributed by atoms with van der Waals surface area (Å²) in [5, 5.41) is 2.82. The smallest absolute Gasteiger partial charge is 0.244 e. The van der Waals surface area contributed by atoms with Crippen LogP contribution in [0.5, 0.6) is 0 Å². The monoisotopic (exact) mass is 413 g/mol. The quantitative estimate of drug-likeness (QED) is 0.624. The molecule has 8 heteroatoms. The van der Waals surface area contributed by atoms with Crippen LogP contribution < -0.4 is 10.0 Å². The zero-order valence-electron chi connectivity index (χ0n) is 15.6. The lowest BCUT2D eigenvalue weighted by Crippen LogP contribution is -2.46. The summed E-state index contributed by atoms with van der Waals surface area (Å²) < 4.78 is 41.0. The Morgan fingerprint density at radius 1 is 0.966 bits per heavy atom. The molecular weight excluding hydrogens is 393 g/mol. The molecular formula is C21H20FN3O3S. The van der Waals surface area contributed by atoms with Gasteiger partial charge in [-0.05, 0) is 36.8 Å². The van der Waals surface area contributed by atoms with Gasteiger partial charge >= 0.3 is 0 Å². The number of carbonyl (C=O) groups is 1. The van der Waals surface area contributed by atoms with E-state index in [0.717, 1.165) is 17.7 Å². The maximum atomic E-state index is 13.9. The summed E-state index contributed by atoms with van der Waals surface area (Å²) in [6, 6.07) is 17.8. The second-order valence-electron chi connectivity index (χ2n) is 6.38. The summed E-state index contributed by atoms with van der Waals surface area (Å²) in [6.45, 7) is 1.40. The summed E-state index contributed by atoms with van der Waals surface area (Å²) in [6.07, 6.45) is 1.61. The van der Waals surface area contributed by atoms with Crippen molar-refractivity contribution >= 4 is 15.9 Å². The number of amides is 1. The number of carbonyl (C=O) groups excluding carboxylic acids is 1. The molecule has 2 aromatic carbocycles. The van der Waals surface area contributed by atoms with E-state index in [4.69, 9.17) is 0 Å². The van der Waals surface area contributed by atoms with E-state index in [2.05, 4.69) is 15.0 Å². The molecule has 0 aliphatic rings. The van der Waals surface area contributed by atoms with Crippen LogP contribution in [0.2, 0.25) is 0 Å². The number of pyridine rings is 1. The van der Waals surface area contributed by atoms with Crippen molar-refractivity contribution in [3.63, 3.8) is 0 Å². The molecule has 0 aliphatic heterocycles. The SMILES string of the molecule is C[C@H](NS(=O)(=O)c1ccccc1F)C(=O)NC(c1ccccc1)c1ccccn1. The van der Waals surface area contributed by atoms with Gasteiger partial charge in [0.15, 0.2) is 0 Å². The van der Waals surface area contributed by atoms with Gasteiger partial charge in [-0.15, -0.1) is 0 Å². The lowest BCUT2D eigenvalue weighted by atomic mass is 10.0. The molecule has 6 nitrogen and oxygen atoms in total. The molecule has 29 heavy (non-hydrogen) atoms. The predicted octanol–water partition coefficient (Wildman–Crippen LogP) is 2.79. The van der Waals surface area contributed by atoms with E-state index < -0.39 is 38.7 Å². The molecule has 1 unspecified atom stereocenters. The Balaban J connectivity index is 1.80. The predicted molar refractivity (Wildman–Crippen MR) is 107 cm³/mol. The highest BCUT2D eigenvalue weighted by Crippen LogP contribution is 2.20. The molecule has 3 rings (SSSR count). The third-order valence-electron chi connectivity index (χ3n) is 4.25. The van der Waals surface area contributed by atoms with Crippen LogP contribution in [-0.4, -0.2) is 25.4 Å². The topological polar surface area (TPSA) is 88.2 Å². The van der Waals surface area contributed by atoms with Crippen molar-refractivity contribution in [2.45, 2.75) is 23.9 Å². The van der Waals surface area contributed by atoms with E-state index in [1.165, 1.54) is 19.1 Å². The summed E-state index contributed by atoms with van der Waals surface area (Å²) in [5.74, 6) is -1.45. The number of aromatic nitrogens is 1. The Hall–Kier alpha value is -3.10. The third-order valence-corrected chi connectivity index (χ3v) is 5.83. The van der Waals surface area contributed by atoms with Crippen LogP contribution >= 0.6 is 0 Å². The van der Waals surface area contributed by atoms with Crippen LogP contribution in [0.3, 0.4) is 0 Å². The van der Waals surface area contributed by atoms with Crippen LogP contribution in [-0.2, 0) is 14.8 Å². The van der Waals surface area contributed by atoms with Gasteiger partial charge in [-0.3, -0.25) is 9.78 Å². The molecule has 0 saturated carbocycles. The maximum Gasteiger partial charge on any atom is 0.244 e. The highest BCUT2D eigenvalue weighted by atomic mass is 32.2. The van der Waals surface area contributed by atoms with E-state index in [9.17, 15) is 17.6 Å². The van der Waals surface area contributed by atoms with Gasteiger partial charge in [0.05, 0.1) is 17.8 Å². The molecule has 1 aromatic heterocycles. The summed E-state index contributed by atoms with van der Waals surface area (Å²) in [7, 11) is -4.20. The lowest BCUT2D eigenvalue weighted by Gasteiger charge is -2.22. The highest BCUT2D eigenvalue weighted by Gasteiger charge is 2.27. The van der Waals surface area contributed by atoms with Crippen molar-refractivity contribution in [3.05, 3.63) is 96.1 Å². The minimum atomic E-state index is -4.20. The van der Waals surface area contributed by atoms with Crippen molar-refractivity contribution in [3.8, 4) is 0 Å². The first-order valence-corrected chi connectivity index (χ1v) is 10.4. The Morgan fingerprint density at radius 3 is 2.28 bits per heavy atom. The number of nitrogens with zero attached hydrogens (tertiary/aromatic N) is 1. The zero-order valence-corrected chi connectivity index (χ0v) is 16.4. The number of benzene rings is 2. The maximum absolute atomic E-state index is 13.9. The molecule has 0 spiro atoms. The van der Waals surface area contributed by atoms with Gasteiger partial charge in [0, 0.05) is 6.20 Å². The van der Waals surface area contributed by atoms with Crippen molar-refractivity contribution < 1.29 is 17.6 Å². The second-order valence-corrected chi connectivity index (χ2v) is 8.06. The second kappa shape index (κ2) is 8.93. The number of nitrogens with one attached hydrogen (secondary N) is 2. The van der Waals surface area contributed by atoms with E-state index in [0.29, 0.717) is 5.69 Å². The zero-order chi connectivity index (χ0) is 20.9. The van der Waals surface area contributed by atoms with Gasteiger partial charge in [-0.1, -0.05) is 48.5 Å². The first-order valence-electron chi connectivity index (χ1n) is 8.91. The molecule has 150 valence electrons. The van der Waals surface area contributed by atoms with Crippen molar-refractivity contribution in [1.29, 1.82) is 0 Å². The fourth-order valence-corrected chi connectivity index (χ4v) is 4.08. The molecule has 2 atom stereocenters. The average molecular weight is 413 g/mol. The fraction of sp³-hybridized carbons (Fsp3) is 0.143. The molecule has 0 radical (unpaired) electrons. The molecule has 0 bridgehead atoms. The molecule has 0 fully saturated rings. The lowest BCUT2D eigenvalue weighted by molar-refractivity contribution is -0.122. The van der Waals surface area contributed by atoms with Crippen LogP contribution in [0, 0.1) is 5.82 Å². The molecule has 3 aromatic rings. The fourth-order valence-electron chi connectivity index (χ4n) is 2.80. The van der Waals surface area contributed by atoms with Gasteiger partial charge in [0.1, 0.15) is 10.7 Å². The summed E-state index contributed by atoms with van der Waals surface area (Å²) >= 11 is 0. The van der Waals surface area contributed by atoms with E-state index >= 15 is 0 Å². The normalized spacial score (nSPS) is 13.4. The van der Waals surface area contributed by atoms with Gasteiger partial charge in [-0.2, -0.15) is 4.72 Å². The van der Waals surface area contributed by atoms with Crippen LogP contribution in [0.25, 0.3) is 0 Å². The highest BCUT2D eigenvalue weighted by molar-refractivity contribution is 7.89. The van der Waals surface area contributed by atoms with Crippen LogP contribution in [0.4, 0.5) is 4.39 Å². The Bertz CT molecular complexity index is 1040. The Labute approximate surface area is 168 Å². The number of hydrogen-bond acceptors (Lipinski definition) is 4.